The van der Waals surface area contributed by atoms with Crippen LogP contribution in [-0.2, 0) is 25.8 Å². The van der Waals surface area contributed by atoms with Crippen molar-refractivity contribution in [1.82, 2.24) is 25.4 Å². The van der Waals surface area contributed by atoms with E-state index in [1.165, 1.54) is 30.2 Å². The van der Waals surface area contributed by atoms with Gasteiger partial charge in [-0.3, -0.25) is 14.5 Å². The van der Waals surface area contributed by atoms with E-state index in [1.807, 2.05) is 0 Å². The Morgan fingerprint density at radius 2 is 2.19 bits per heavy atom. The number of nitrogens with one attached hydrogen (secondary N) is 1. The molecule has 1 fully saturated rings. The van der Waals surface area contributed by atoms with Crippen molar-refractivity contribution in [2.45, 2.75) is 18.0 Å². The highest BCUT2D eigenvalue weighted by Crippen LogP contribution is 2.40. The predicted octanol–water partition coefficient (Wildman–Crippen LogP) is -0.148. The molecule has 0 radical (unpaired) electrons. The van der Waals surface area contributed by atoms with Gasteiger partial charge in [-0.2, -0.15) is 0 Å². The first kappa shape index (κ1) is 24.4. The second-order valence-corrected chi connectivity index (χ2v) is 9.81. The third kappa shape index (κ3) is 4.63. The molecule has 0 aliphatic carbocycles. The van der Waals surface area contributed by atoms with Crippen LogP contribution < -0.4 is 15.6 Å². The topological polar surface area (TPSA) is 190 Å². The summed E-state index contributed by atoms with van der Waals surface area (Å²) in [5.74, 6) is -1.73. The monoisotopic (exact) mass is 543 g/mol. The number of thioether (sulfide) groups is 1. The minimum absolute atomic E-state index is 0.0919. The van der Waals surface area contributed by atoms with Crippen LogP contribution in [0.4, 0.5) is 5.13 Å². The fraction of sp³-hybridized carbons (Fsp3) is 0.238. The van der Waals surface area contributed by atoms with E-state index in [0.717, 1.165) is 11.3 Å². The van der Waals surface area contributed by atoms with E-state index in [4.69, 9.17) is 15.0 Å². The number of carbonyl (C=O) groups is 3. The van der Waals surface area contributed by atoms with E-state index >= 15 is 0 Å². The zero-order valence-corrected chi connectivity index (χ0v) is 20.7. The summed E-state index contributed by atoms with van der Waals surface area (Å²) in [5.41, 5.74) is 6.89. The van der Waals surface area contributed by atoms with Gasteiger partial charge in [0.15, 0.2) is 29.8 Å². The lowest BCUT2D eigenvalue weighted by molar-refractivity contribution is -0.689. The average Bonchev–Trinajstić information content (AvgIpc) is 3.58. The molecule has 2 atom stereocenters. The van der Waals surface area contributed by atoms with Crippen LogP contribution in [0.15, 0.2) is 57.1 Å². The van der Waals surface area contributed by atoms with Crippen molar-refractivity contribution in [2.24, 2.45) is 5.16 Å². The molecule has 4 N–H and O–H groups in total. The normalized spacial score (nSPS) is 19.3. The molecule has 14 nitrogen and oxygen atoms in total. The SMILES string of the molecule is CON=C(C(=O)N[C@@H]1C(=O)N2C(C(=O)O)=C(C[n+]3ccc(-c4nnco4)cc3)CS[C@@H]12)c1csc(N)n1. The number of oxime groups is 1. The lowest BCUT2D eigenvalue weighted by Crippen LogP contribution is -2.71. The number of rotatable bonds is 8. The van der Waals surface area contributed by atoms with Gasteiger partial charge in [0.1, 0.15) is 29.9 Å². The molecule has 3 aromatic rings. The first-order valence-electron chi connectivity index (χ1n) is 10.7. The number of fused-ring (bicyclic) bond motifs is 1. The highest BCUT2D eigenvalue weighted by atomic mass is 32.2. The molecule has 2 amide bonds. The van der Waals surface area contributed by atoms with Crippen LogP contribution in [0.1, 0.15) is 5.69 Å². The van der Waals surface area contributed by atoms with Crippen molar-refractivity contribution in [3.05, 3.63) is 53.3 Å². The number of amides is 2. The van der Waals surface area contributed by atoms with Gasteiger partial charge in [-0.05, 0) is 0 Å². The number of β-lactam (4-membered cyclic amide) rings is 1. The standard InChI is InChI=1S/C21H18N8O6S2/c1-34-27-13(12-8-37-21(22)24-12)16(30)25-14-18(31)29-15(20(32)33)11(7-36-19(14)29)6-28-4-2-10(3-5-28)17-26-23-9-35-17/h2-5,8-9,14,19H,6-7H2,1H3,(H3-,22,24,25,30,32,33)/p+1/t14-,19+/m1/s1. The lowest BCUT2D eigenvalue weighted by Gasteiger charge is -2.49. The number of hydrogen-bond donors (Lipinski definition) is 3. The van der Waals surface area contributed by atoms with Gasteiger partial charge >= 0.3 is 5.97 Å². The molecule has 0 saturated carbocycles. The maximum Gasteiger partial charge on any atom is 0.352 e. The van der Waals surface area contributed by atoms with Gasteiger partial charge in [0, 0.05) is 28.8 Å². The molecule has 0 unspecified atom stereocenters. The molecule has 2 aliphatic rings. The summed E-state index contributed by atoms with van der Waals surface area (Å²) in [6, 6.07) is 2.60. The van der Waals surface area contributed by atoms with Crippen LogP contribution in [0.2, 0.25) is 0 Å². The fourth-order valence-electron chi connectivity index (χ4n) is 3.93. The van der Waals surface area contributed by atoms with E-state index in [1.54, 1.807) is 34.5 Å². The maximum atomic E-state index is 13.0. The summed E-state index contributed by atoms with van der Waals surface area (Å²) in [6.07, 6.45) is 4.74. The highest BCUT2D eigenvalue weighted by Gasteiger charge is 2.54. The van der Waals surface area contributed by atoms with Crippen LogP contribution in [-0.4, -0.2) is 73.0 Å². The summed E-state index contributed by atoms with van der Waals surface area (Å²) >= 11 is 2.48. The van der Waals surface area contributed by atoms with E-state index < -0.39 is 29.2 Å². The van der Waals surface area contributed by atoms with Crippen molar-refractivity contribution in [3.63, 3.8) is 0 Å². The predicted molar refractivity (Wildman–Crippen MR) is 130 cm³/mol. The number of pyridine rings is 1. The third-order valence-corrected chi connectivity index (χ3v) is 7.58. The van der Waals surface area contributed by atoms with Crippen molar-refractivity contribution in [3.8, 4) is 11.5 Å². The van der Waals surface area contributed by atoms with Crippen molar-refractivity contribution in [2.75, 3.05) is 18.6 Å². The quantitative estimate of drug-likeness (QED) is 0.148. The first-order valence-corrected chi connectivity index (χ1v) is 12.6. The fourth-order valence-corrected chi connectivity index (χ4v) is 5.81. The zero-order valence-electron chi connectivity index (χ0n) is 19.1. The second-order valence-electron chi connectivity index (χ2n) is 7.81. The summed E-state index contributed by atoms with van der Waals surface area (Å²) < 4.78 is 6.96. The molecule has 16 heteroatoms. The van der Waals surface area contributed by atoms with E-state index in [-0.39, 0.29) is 28.8 Å². The number of nitrogens with zero attached hydrogens (tertiary/aromatic N) is 6. The Kier molecular flexibility index (Phi) is 6.58. The largest absolute Gasteiger partial charge is 0.477 e. The number of nitrogen functional groups attached to an aromatic ring is 1. The molecule has 1 saturated heterocycles. The van der Waals surface area contributed by atoms with Crippen molar-refractivity contribution >= 4 is 51.7 Å². The molecule has 0 spiro atoms. The Bertz CT molecular complexity index is 1420. The number of carboxylic acid groups (broad SMARTS) is 1. The van der Waals surface area contributed by atoms with Crippen LogP contribution >= 0.6 is 23.1 Å². The number of carboxylic acids is 1. The second kappa shape index (κ2) is 9.98. The first-order chi connectivity index (χ1) is 17.9. The number of nitrogens with two attached hydrogens (primary N) is 1. The number of thiazole rings is 1. The molecule has 0 bridgehead atoms. The van der Waals surface area contributed by atoms with Gasteiger partial charge in [0.25, 0.3) is 11.8 Å². The number of aromatic nitrogens is 4. The highest BCUT2D eigenvalue weighted by molar-refractivity contribution is 8.00. The van der Waals surface area contributed by atoms with E-state index in [0.29, 0.717) is 22.8 Å². The van der Waals surface area contributed by atoms with Crippen molar-refractivity contribution in [1.29, 1.82) is 0 Å². The van der Waals surface area contributed by atoms with Crippen LogP contribution in [0.3, 0.4) is 0 Å². The number of aliphatic carboxylic acids is 1. The Hall–Kier alpha value is -4.31. The molecule has 2 aliphatic heterocycles. The van der Waals surface area contributed by atoms with Gasteiger partial charge in [-0.25, -0.2) is 14.3 Å². The van der Waals surface area contributed by atoms with Crippen LogP contribution in [0, 0.1) is 0 Å². The van der Waals surface area contributed by atoms with E-state index in [9.17, 15) is 19.5 Å². The number of carbonyl (C=O) groups excluding carboxylic acids is 2. The van der Waals surface area contributed by atoms with Gasteiger partial charge in [-0.15, -0.1) is 33.3 Å². The van der Waals surface area contributed by atoms with E-state index in [2.05, 4.69) is 25.7 Å². The summed E-state index contributed by atoms with van der Waals surface area (Å²) in [4.78, 5) is 48.0. The molecular weight excluding hydrogens is 524 g/mol. The molecule has 190 valence electrons. The molecule has 5 heterocycles. The van der Waals surface area contributed by atoms with Crippen LogP contribution in [0.25, 0.3) is 11.5 Å². The Labute approximate surface area is 216 Å². The number of hydrogen-bond acceptors (Lipinski definition) is 12. The van der Waals surface area contributed by atoms with Gasteiger partial charge in [0.2, 0.25) is 12.3 Å². The number of anilines is 1. The summed E-state index contributed by atoms with van der Waals surface area (Å²) in [7, 11) is 1.28. The summed E-state index contributed by atoms with van der Waals surface area (Å²) in [6.45, 7) is 0.252. The Morgan fingerprint density at radius 3 is 2.81 bits per heavy atom. The molecule has 3 aromatic heterocycles. The van der Waals surface area contributed by atoms with Gasteiger partial charge in [-0.1, -0.05) is 5.16 Å². The van der Waals surface area contributed by atoms with Gasteiger partial charge in [0.05, 0.1) is 5.56 Å². The molecule has 0 aromatic carbocycles. The smallest absolute Gasteiger partial charge is 0.352 e. The maximum absolute atomic E-state index is 13.0. The van der Waals surface area contributed by atoms with Crippen molar-refractivity contribution < 1.29 is 33.3 Å². The molecule has 5 rings (SSSR count). The Balaban J connectivity index is 1.32. The van der Waals surface area contributed by atoms with Crippen LogP contribution in [0.5, 0.6) is 0 Å². The minimum Gasteiger partial charge on any atom is -0.477 e. The molecular formula is C21H19N8O6S2+. The third-order valence-electron chi connectivity index (χ3n) is 5.57. The lowest BCUT2D eigenvalue weighted by atomic mass is 10.0. The zero-order chi connectivity index (χ0) is 26.1. The average molecular weight is 544 g/mol. The van der Waals surface area contributed by atoms with Gasteiger partial charge < -0.3 is 25.4 Å². The minimum atomic E-state index is -1.22. The molecule has 37 heavy (non-hydrogen) atoms. The summed E-state index contributed by atoms with van der Waals surface area (Å²) in [5, 5.41) is 25.0. The Morgan fingerprint density at radius 1 is 1.41 bits per heavy atom.